The van der Waals surface area contributed by atoms with E-state index in [0.29, 0.717) is 5.02 Å². The van der Waals surface area contributed by atoms with Gasteiger partial charge in [-0.1, -0.05) is 17.7 Å². The maximum Gasteiger partial charge on any atom is 0.175 e. The maximum atomic E-state index is 11.3. The first-order valence-electron chi connectivity index (χ1n) is 4.62. The Labute approximate surface area is 99.0 Å². The van der Waals surface area contributed by atoms with Crippen molar-refractivity contribution in [3.8, 4) is 11.3 Å². The summed E-state index contributed by atoms with van der Waals surface area (Å²) in [5.74, 6) is 0. The first-order chi connectivity index (χ1) is 7.48. The lowest BCUT2D eigenvalue weighted by Gasteiger charge is -2.04. The van der Waals surface area contributed by atoms with Crippen LogP contribution in [0, 0.1) is 0 Å². The summed E-state index contributed by atoms with van der Waals surface area (Å²) in [5.41, 5.74) is 1.66. The van der Waals surface area contributed by atoms with E-state index in [9.17, 15) is 8.42 Å². The molecule has 2 aromatic rings. The van der Waals surface area contributed by atoms with Crippen LogP contribution in [0.1, 0.15) is 0 Å². The first-order valence-corrected chi connectivity index (χ1v) is 6.89. The second-order valence-electron chi connectivity index (χ2n) is 3.50. The van der Waals surface area contributed by atoms with Crippen LogP contribution >= 0.6 is 11.6 Å². The summed E-state index contributed by atoms with van der Waals surface area (Å²) in [7, 11) is -3.21. The standard InChI is InChI=1S/C11H10ClNO2S/c1-16(14,15)8-4-5-9(10(12)7-8)11-3-2-6-13-11/h2-7,13H,1H3. The number of hydrogen-bond acceptors (Lipinski definition) is 2. The normalized spacial score (nSPS) is 11.6. The lowest BCUT2D eigenvalue weighted by molar-refractivity contribution is 0.602. The van der Waals surface area contributed by atoms with Crippen LogP contribution in [-0.4, -0.2) is 19.7 Å². The highest BCUT2D eigenvalue weighted by Gasteiger charge is 2.11. The zero-order valence-electron chi connectivity index (χ0n) is 8.57. The summed E-state index contributed by atoms with van der Waals surface area (Å²) < 4.78 is 22.6. The highest BCUT2D eigenvalue weighted by atomic mass is 35.5. The molecule has 0 spiro atoms. The average Bonchev–Trinajstić information content (AvgIpc) is 2.69. The van der Waals surface area contributed by atoms with Gasteiger partial charge in [-0.2, -0.15) is 0 Å². The van der Waals surface area contributed by atoms with Crippen molar-refractivity contribution < 1.29 is 8.42 Å². The number of nitrogens with one attached hydrogen (secondary N) is 1. The zero-order valence-corrected chi connectivity index (χ0v) is 10.1. The van der Waals surface area contributed by atoms with E-state index in [1.54, 1.807) is 18.3 Å². The third-order valence-corrected chi connectivity index (χ3v) is 3.68. The summed E-state index contributed by atoms with van der Waals surface area (Å²) in [4.78, 5) is 3.25. The van der Waals surface area contributed by atoms with Gasteiger partial charge in [0, 0.05) is 23.7 Å². The summed E-state index contributed by atoms with van der Waals surface area (Å²) >= 11 is 6.04. The number of benzene rings is 1. The molecule has 1 N–H and O–H groups in total. The van der Waals surface area contributed by atoms with Crippen molar-refractivity contribution in [2.45, 2.75) is 4.90 Å². The van der Waals surface area contributed by atoms with E-state index in [1.165, 1.54) is 6.07 Å². The van der Waals surface area contributed by atoms with Gasteiger partial charge in [-0.3, -0.25) is 0 Å². The fraction of sp³-hybridized carbons (Fsp3) is 0.0909. The lowest BCUT2D eigenvalue weighted by atomic mass is 10.1. The lowest BCUT2D eigenvalue weighted by Crippen LogP contribution is -1.96. The Hall–Kier alpha value is -1.26. The van der Waals surface area contributed by atoms with Crippen LogP contribution in [0.15, 0.2) is 41.4 Å². The minimum absolute atomic E-state index is 0.229. The minimum Gasteiger partial charge on any atom is -0.361 e. The van der Waals surface area contributed by atoms with Crippen molar-refractivity contribution in [3.63, 3.8) is 0 Å². The fourth-order valence-electron chi connectivity index (χ4n) is 1.44. The zero-order chi connectivity index (χ0) is 11.8. The molecule has 84 valence electrons. The minimum atomic E-state index is -3.21. The smallest absolute Gasteiger partial charge is 0.175 e. The molecule has 1 heterocycles. The van der Waals surface area contributed by atoms with Gasteiger partial charge >= 0.3 is 0 Å². The van der Waals surface area contributed by atoms with Crippen molar-refractivity contribution in [2.24, 2.45) is 0 Å². The monoisotopic (exact) mass is 255 g/mol. The molecule has 0 aliphatic heterocycles. The van der Waals surface area contributed by atoms with Gasteiger partial charge in [0.25, 0.3) is 0 Å². The van der Waals surface area contributed by atoms with E-state index >= 15 is 0 Å². The van der Waals surface area contributed by atoms with Gasteiger partial charge in [0.05, 0.1) is 9.92 Å². The highest BCUT2D eigenvalue weighted by Crippen LogP contribution is 2.28. The van der Waals surface area contributed by atoms with Crippen LogP contribution in [0.2, 0.25) is 5.02 Å². The molecular weight excluding hydrogens is 246 g/mol. The molecule has 1 aromatic carbocycles. The third kappa shape index (κ3) is 2.13. The Balaban J connectivity index is 2.54. The SMILES string of the molecule is CS(=O)(=O)c1ccc(-c2ccc[nH]2)c(Cl)c1. The molecule has 0 fully saturated rings. The molecule has 5 heteroatoms. The Kier molecular flexibility index (Phi) is 2.78. The van der Waals surface area contributed by atoms with Gasteiger partial charge in [0.15, 0.2) is 9.84 Å². The van der Waals surface area contributed by atoms with Crippen LogP contribution in [0.5, 0.6) is 0 Å². The van der Waals surface area contributed by atoms with E-state index < -0.39 is 9.84 Å². The number of aromatic nitrogens is 1. The quantitative estimate of drug-likeness (QED) is 0.897. The third-order valence-electron chi connectivity index (χ3n) is 2.26. The molecule has 0 aliphatic rings. The van der Waals surface area contributed by atoms with Gasteiger partial charge in [0.2, 0.25) is 0 Å². The van der Waals surface area contributed by atoms with Crippen molar-refractivity contribution in [1.29, 1.82) is 0 Å². The van der Waals surface area contributed by atoms with Crippen molar-refractivity contribution in [2.75, 3.05) is 6.26 Å². The molecule has 3 nitrogen and oxygen atoms in total. The predicted molar refractivity (Wildman–Crippen MR) is 64.3 cm³/mol. The Morgan fingerprint density at radius 3 is 2.50 bits per heavy atom. The number of hydrogen-bond donors (Lipinski definition) is 1. The number of aromatic amines is 1. The largest absolute Gasteiger partial charge is 0.361 e. The van der Waals surface area contributed by atoms with E-state index in [2.05, 4.69) is 4.98 Å². The Morgan fingerprint density at radius 2 is 2.00 bits per heavy atom. The van der Waals surface area contributed by atoms with Gasteiger partial charge in [0.1, 0.15) is 0 Å². The van der Waals surface area contributed by atoms with Gasteiger partial charge in [-0.25, -0.2) is 8.42 Å². The van der Waals surface area contributed by atoms with Crippen LogP contribution in [0.25, 0.3) is 11.3 Å². The molecule has 16 heavy (non-hydrogen) atoms. The second-order valence-corrected chi connectivity index (χ2v) is 5.92. The molecule has 0 amide bonds. The van der Waals surface area contributed by atoms with E-state index in [1.807, 2.05) is 12.1 Å². The second kappa shape index (κ2) is 3.96. The molecule has 2 rings (SSSR count). The average molecular weight is 256 g/mol. The van der Waals surface area contributed by atoms with Gasteiger partial charge < -0.3 is 4.98 Å². The first kappa shape index (κ1) is 11.2. The van der Waals surface area contributed by atoms with Crippen LogP contribution < -0.4 is 0 Å². The number of sulfone groups is 1. The van der Waals surface area contributed by atoms with Crippen LogP contribution in [-0.2, 0) is 9.84 Å². The molecule has 0 unspecified atom stereocenters. The fourth-order valence-corrected chi connectivity index (χ4v) is 2.44. The van der Waals surface area contributed by atoms with Gasteiger partial charge in [-0.15, -0.1) is 0 Å². The Bertz CT molecular complexity index is 603. The molecule has 0 bridgehead atoms. The van der Waals surface area contributed by atoms with Crippen LogP contribution in [0.4, 0.5) is 0 Å². The van der Waals surface area contributed by atoms with Crippen molar-refractivity contribution in [3.05, 3.63) is 41.6 Å². The van der Waals surface area contributed by atoms with Gasteiger partial charge in [-0.05, 0) is 24.3 Å². The van der Waals surface area contributed by atoms with E-state index in [-0.39, 0.29) is 4.90 Å². The van der Waals surface area contributed by atoms with Crippen molar-refractivity contribution >= 4 is 21.4 Å². The summed E-state index contributed by atoms with van der Waals surface area (Å²) in [5, 5.41) is 0.422. The number of H-pyrrole nitrogens is 1. The molecule has 0 aliphatic carbocycles. The summed E-state index contributed by atoms with van der Waals surface area (Å²) in [6.45, 7) is 0. The van der Waals surface area contributed by atoms with E-state index in [4.69, 9.17) is 11.6 Å². The highest BCUT2D eigenvalue weighted by molar-refractivity contribution is 7.90. The van der Waals surface area contributed by atoms with Crippen molar-refractivity contribution in [1.82, 2.24) is 4.98 Å². The number of rotatable bonds is 2. The summed E-state index contributed by atoms with van der Waals surface area (Å²) in [6, 6.07) is 8.45. The van der Waals surface area contributed by atoms with Crippen LogP contribution in [0.3, 0.4) is 0 Å². The molecule has 0 saturated carbocycles. The molecular formula is C11H10ClNO2S. The Morgan fingerprint density at radius 1 is 1.25 bits per heavy atom. The summed E-state index contributed by atoms with van der Waals surface area (Å²) in [6.07, 6.45) is 2.95. The molecule has 0 saturated heterocycles. The molecule has 1 aromatic heterocycles. The maximum absolute atomic E-state index is 11.3. The molecule has 0 radical (unpaired) electrons. The number of halogens is 1. The molecule has 0 atom stereocenters. The topological polar surface area (TPSA) is 49.9 Å². The predicted octanol–water partition coefficient (Wildman–Crippen LogP) is 2.74. The van der Waals surface area contributed by atoms with E-state index in [0.717, 1.165) is 17.5 Å².